The number of ether oxygens (including phenoxy) is 1. The van der Waals surface area contributed by atoms with Crippen molar-refractivity contribution in [1.82, 2.24) is 15.5 Å². The summed E-state index contributed by atoms with van der Waals surface area (Å²) in [5, 5.41) is 10.9. The number of benzene rings is 1. The summed E-state index contributed by atoms with van der Waals surface area (Å²) >= 11 is 1.70. The van der Waals surface area contributed by atoms with Crippen LogP contribution in [0.25, 0.3) is 0 Å². The van der Waals surface area contributed by atoms with Crippen LogP contribution >= 0.6 is 11.3 Å². The zero-order valence-corrected chi connectivity index (χ0v) is 16.1. The first-order valence-electron chi connectivity index (χ1n) is 8.49. The van der Waals surface area contributed by atoms with E-state index < -0.39 is 0 Å². The second-order valence-corrected chi connectivity index (χ2v) is 6.84. The Morgan fingerprint density at radius 2 is 1.80 bits per heavy atom. The molecule has 6 heteroatoms. The third kappa shape index (κ3) is 7.58. The number of nitrogens with zero attached hydrogens (tertiary/aromatic N) is 2. The molecule has 0 amide bonds. The topological polar surface area (TPSA) is 48.9 Å². The minimum Gasteiger partial charge on any atom is -0.494 e. The lowest BCUT2D eigenvalue weighted by Gasteiger charge is -2.12. The quantitative estimate of drug-likeness (QED) is 0.410. The molecule has 0 saturated carbocycles. The summed E-state index contributed by atoms with van der Waals surface area (Å²) in [5.74, 6) is 1.72. The van der Waals surface area contributed by atoms with Crippen molar-refractivity contribution < 1.29 is 4.74 Å². The Labute approximate surface area is 154 Å². The van der Waals surface area contributed by atoms with E-state index in [0.29, 0.717) is 0 Å². The minimum absolute atomic E-state index is 0.726. The monoisotopic (exact) mass is 360 g/mol. The number of guanidine groups is 1. The molecular formula is C19H28N4OS. The summed E-state index contributed by atoms with van der Waals surface area (Å²) < 4.78 is 5.76. The second kappa shape index (κ2) is 10.7. The van der Waals surface area contributed by atoms with Crippen molar-refractivity contribution in [3.05, 3.63) is 52.2 Å². The molecule has 25 heavy (non-hydrogen) atoms. The Kier molecular flexibility index (Phi) is 8.28. The van der Waals surface area contributed by atoms with E-state index in [-0.39, 0.29) is 0 Å². The molecule has 0 aliphatic heterocycles. The van der Waals surface area contributed by atoms with Crippen LogP contribution in [0.4, 0.5) is 0 Å². The van der Waals surface area contributed by atoms with E-state index in [0.717, 1.165) is 44.4 Å². The Bertz CT molecular complexity index is 623. The Morgan fingerprint density at radius 3 is 2.40 bits per heavy atom. The SMILES string of the molecule is CN=C(NCc1ccc(OCCCN(C)C)cc1)NCc1ccsc1. The zero-order chi connectivity index (χ0) is 17.9. The average molecular weight is 361 g/mol. The molecule has 0 aliphatic rings. The average Bonchev–Trinajstić information content (AvgIpc) is 3.13. The van der Waals surface area contributed by atoms with Gasteiger partial charge in [0.25, 0.3) is 0 Å². The molecule has 0 spiro atoms. The van der Waals surface area contributed by atoms with E-state index in [9.17, 15) is 0 Å². The first kappa shape index (κ1) is 19.3. The van der Waals surface area contributed by atoms with Gasteiger partial charge in [-0.25, -0.2) is 0 Å². The summed E-state index contributed by atoms with van der Waals surface area (Å²) in [5.41, 5.74) is 2.46. The second-order valence-electron chi connectivity index (χ2n) is 6.06. The number of hydrogen-bond acceptors (Lipinski definition) is 4. The molecule has 2 rings (SSSR count). The molecule has 1 heterocycles. The van der Waals surface area contributed by atoms with Crippen molar-refractivity contribution in [2.24, 2.45) is 4.99 Å². The standard InChI is InChI=1S/C19H28N4OS/c1-20-19(22-14-17-9-12-25-15-17)21-13-16-5-7-18(8-6-16)24-11-4-10-23(2)3/h5-9,12,15H,4,10-11,13-14H2,1-3H3,(H2,20,21,22). The van der Waals surface area contributed by atoms with Crippen molar-refractivity contribution in [3.63, 3.8) is 0 Å². The summed E-state index contributed by atoms with van der Waals surface area (Å²) in [6, 6.07) is 10.3. The first-order valence-corrected chi connectivity index (χ1v) is 9.43. The van der Waals surface area contributed by atoms with Gasteiger partial charge in [-0.05, 0) is 60.6 Å². The highest BCUT2D eigenvalue weighted by Gasteiger charge is 2.00. The number of rotatable bonds is 9. The van der Waals surface area contributed by atoms with E-state index in [1.54, 1.807) is 18.4 Å². The lowest BCUT2D eigenvalue weighted by molar-refractivity contribution is 0.281. The molecule has 0 aliphatic carbocycles. The van der Waals surface area contributed by atoms with Crippen LogP contribution in [0.1, 0.15) is 17.5 Å². The normalized spacial score (nSPS) is 11.6. The summed E-state index contributed by atoms with van der Waals surface area (Å²) in [6.07, 6.45) is 1.03. The highest BCUT2D eigenvalue weighted by molar-refractivity contribution is 7.07. The van der Waals surface area contributed by atoms with Crippen LogP contribution in [-0.2, 0) is 13.1 Å². The summed E-state index contributed by atoms with van der Waals surface area (Å²) in [7, 11) is 5.93. The van der Waals surface area contributed by atoms with E-state index in [2.05, 4.69) is 63.6 Å². The van der Waals surface area contributed by atoms with Crippen molar-refractivity contribution >= 4 is 17.3 Å². The fourth-order valence-corrected chi connectivity index (χ4v) is 2.93. The van der Waals surface area contributed by atoms with Crippen LogP contribution in [0.15, 0.2) is 46.1 Å². The largest absolute Gasteiger partial charge is 0.494 e. The Balaban J connectivity index is 1.70. The molecule has 0 unspecified atom stereocenters. The molecule has 0 atom stereocenters. The third-order valence-electron chi connectivity index (χ3n) is 3.67. The van der Waals surface area contributed by atoms with Crippen LogP contribution in [0, 0.1) is 0 Å². The number of aliphatic imine (C=N–C) groups is 1. The Hall–Kier alpha value is -2.05. The highest BCUT2D eigenvalue weighted by atomic mass is 32.1. The molecule has 0 radical (unpaired) electrons. The maximum atomic E-state index is 5.76. The van der Waals surface area contributed by atoms with Gasteiger partial charge < -0.3 is 20.3 Å². The number of thiophene rings is 1. The van der Waals surface area contributed by atoms with Crippen molar-refractivity contribution in [2.75, 3.05) is 34.3 Å². The molecule has 2 aromatic rings. The van der Waals surface area contributed by atoms with E-state index >= 15 is 0 Å². The van der Waals surface area contributed by atoms with Gasteiger partial charge in [0.05, 0.1) is 6.61 Å². The van der Waals surface area contributed by atoms with Crippen LogP contribution in [0.2, 0.25) is 0 Å². The molecule has 0 fully saturated rings. The van der Waals surface area contributed by atoms with E-state index in [1.807, 2.05) is 12.1 Å². The zero-order valence-electron chi connectivity index (χ0n) is 15.3. The van der Waals surface area contributed by atoms with Gasteiger partial charge in [-0.15, -0.1) is 0 Å². The molecule has 0 saturated heterocycles. The fraction of sp³-hybridized carbons (Fsp3) is 0.421. The van der Waals surface area contributed by atoms with Gasteiger partial charge in [0.1, 0.15) is 5.75 Å². The van der Waals surface area contributed by atoms with Gasteiger partial charge in [0.2, 0.25) is 0 Å². The minimum atomic E-state index is 0.726. The predicted octanol–water partition coefficient (Wildman–Crippen LogP) is 2.94. The van der Waals surface area contributed by atoms with E-state index in [1.165, 1.54) is 11.1 Å². The predicted molar refractivity (Wildman–Crippen MR) is 106 cm³/mol. The maximum Gasteiger partial charge on any atom is 0.191 e. The number of nitrogens with one attached hydrogen (secondary N) is 2. The molecule has 1 aromatic carbocycles. The van der Waals surface area contributed by atoms with Crippen LogP contribution in [0.3, 0.4) is 0 Å². The van der Waals surface area contributed by atoms with Crippen molar-refractivity contribution in [1.29, 1.82) is 0 Å². The van der Waals surface area contributed by atoms with Crippen LogP contribution in [0.5, 0.6) is 5.75 Å². The van der Waals surface area contributed by atoms with Gasteiger partial charge in [-0.2, -0.15) is 11.3 Å². The molecule has 136 valence electrons. The summed E-state index contributed by atoms with van der Waals surface area (Å²) in [4.78, 5) is 6.42. The Morgan fingerprint density at radius 1 is 1.08 bits per heavy atom. The third-order valence-corrected chi connectivity index (χ3v) is 4.40. The van der Waals surface area contributed by atoms with Gasteiger partial charge in [-0.3, -0.25) is 4.99 Å². The lowest BCUT2D eigenvalue weighted by Crippen LogP contribution is -2.36. The first-order chi connectivity index (χ1) is 12.2. The molecule has 2 N–H and O–H groups in total. The molecule has 1 aromatic heterocycles. The fourth-order valence-electron chi connectivity index (χ4n) is 2.26. The molecule has 5 nitrogen and oxygen atoms in total. The summed E-state index contributed by atoms with van der Waals surface area (Å²) in [6.45, 7) is 3.29. The molecule has 0 bridgehead atoms. The van der Waals surface area contributed by atoms with Crippen molar-refractivity contribution in [3.8, 4) is 5.75 Å². The van der Waals surface area contributed by atoms with E-state index in [4.69, 9.17) is 4.74 Å². The van der Waals surface area contributed by atoms with Gasteiger partial charge in [-0.1, -0.05) is 12.1 Å². The molecular weight excluding hydrogens is 332 g/mol. The maximum absolute atomic E-state index is 5.76. The van der Waals surface area contributed by atoms with Crippen LogP contribution < -0.4 is 15.4 Å². The highest BCUT2D eigenvalue weighted by Crippen LogP contribution is 2.12. The van der Waals surface area contributed by atoms with Gasteiger partial charge in [0.15, 0.2) is 5.96 Å². The smallest absolute Gasteiger partial charge is 0.191 e. The number of hydrogen-bond donors (Lipinski definition) is 2. The van der Waals surface area contributed by atoms with Gasteiger partial charge >= 0.3 is 0 Å². The van der Waals surface area contributed by atoms with Crippen LogP contribution in [-0.4, -0.2) is 45.2 Å². The van der Waals surface area contributed by atoms with Gasteiger partial charge in [0, 0.05) is 26.7 Å². The lowest BCUT2D eigenvalue weighted by atomic mass is 10.2. The van der Waals surface area contributed by atoms with Crippen molar-refractivity contribution in [2.45, 2.75) is 19.5 Å².